The molecule has 3 heterocycles. The van der Waals surface area contributed by atoms with E-state index < -0.39 is 0 Å². The summed E-state index contributed by atoms with van der Waals surface area (Å²) in [5.74, 6) is 2.03. The van der Waals surface area contributed by atoms with Crippen molar-refractivity contribution >= 4 is 11.6 Å². The highest BCUT2D eigenvalue weighted by molar-refractivity contribution is 5.54. The van der Waals surface area contributed by atoms with Crippen LogP contribution in [-0.4, -0.2) is 39.5 Å². The molecule has 0 saturated carbocycles. The molecule has 0 amide bonds. The van der Waals surface area contributed by atoms with Crippen LogP contribution in [0.1, 0.15) is 35.6 Å². The fraction of sp³-hybridized carbons (Fsp3) is 0.348. The quantitative estimate of drug-likeness (QED) is 0.696. The maximum absolute atomic E-state index is 4.85. The minimum Gasteiger partial charge on any atom is -0.323 e. The van der Waals surface area contributed by atoms with Crippen molar-refractivity contribution in [2.75, 3.05) is 25.0 Å². The van der Waals surface area contributed by atoms with Crippen LogP contribution in [0.5, 0.6) is 0 Å². The van der Waals surface area contributed by atoms with Gasteiger partial charge in [0.2, 0.25) is 0 Å². The molecular formula is C23H27N5. The topological polar surface area (TPSA) is 53.9 Å². The van der Waals surface area contributed by atoms with Crippen LogP contribution in [0.2, 0.25) is 0 Å². The second-order valence-corrected chi connectivity index (χ2v) is 7.50. The number of benzene rings is 1. The van der Waals surface area contributed by atoms with E-state index in [0.717, 1.165) is 42.4 Å². The lowest BCUT2D eigenvalue weighted by atomic mass is 9.94. The van der Waals surface area contributed by atoms with Crippen LogP contribution < -0.4 is 5.32 Å². The highest BCUT2D eigenvalue weighted by Crippen LogP contribution is 2.26. The Morgan fingerprint density at radius 1 is 1.11 bits per heavy atom. The Kier molecular flexibility index (Phi) is 5.92. The highest BCUT2D eigenvalue weighted by Gasteiger charge is 2.22. The number of pyridine rings is 1. The Morgan fingerprint density at radius 2 is 2.00 bits per heavy atom. The van der Waals surface area contributed by atoms with E-state index in [1.807, 2.05) is 25.3 Å². The van der Waals surface area contributed by atoms with Crippen molar-refractivity contribution in [3.05, 3.63) is 77.9 Å². The molecule has 144 valence electrons. The zero-order valence-corrected chi connectivity index (χ0v) is 16.4. The Hall–Kier alpha value is -2.79. The smallest absolute Gasteiger partial charge is 0.150 e. The molecule has 4 rings (SSSR count). The molecule has 2 aromatic heterocycles. The van der Waals surface area contributed by atoms with E-state index in [2.05, 4.69) is 50.5 Å². The number of aryl methyl sites for hydroxylation is 1. The standard InChI is InChI=1S/C23H27N5/c1-18-7-5-12-25-23(18)27-22-16-24-15-21(26-22)20-10-6-13-28(17-20)14-11-19-8-3-2-4-9-19/h2-5,7-9,12,15-16,20H,6,10-11,13-14,17H2,1H3,(H,25,26,27). The second kappa shape index (κ2) is 8.93. The third-order valence-corrected chi connectivity index (χ3v) is 5.39. The van der Waals surface area contributed by atoms with Crippen LogP contribution in [0.4, 0.5) is 11.6 Å². The zero-order valence-electron chi connectivity index (χ0n) is 16.4. The molecule has 1 saturated heterocycles. The fourth-order valence-corrected chi connectivity index (χ4v) is 3.81. The van der Waals surface area contributed by atoms with Gasteiger partial charge in [0.15, 0.2) is 0 Å². The number of likely N-dealkylation sites (tertiary alicyclic amines) is 1. The van der Waals surface area contributed by atoms with E-state index in [1.54, 1.807) is 12.4 Å². The lowest BCUT2D eigenvalue weighted by Gasteiger charge is -2.32. The third-order valence-electron chi connectivity index (χ3n) is 5.39. The summed E-state index contributed by atoms with van der Waals surface area (Å²) in [6, 6.07) is 14.7. The van der Waals surface area contributed by atoms with Crippen LogP contribution in [-0.2, 0) is 6.42 Å². The van der Waals surface area contributed by atoms with E-state index in [-0.39, 0.29) is 0 Å². The van der Waals surface area contributed by atoms with Crippen molar-refractivity contribution in [2.45, 2.75) is 32.1 Å². The lowest BCUT2D eigenvalue weighted by molar-refractivity contribution is 0.208. The van der Waals surface area contributed by atoms with Gasteiger partial charge in [-0.05, 0) is 49.9 Å². The average Bonchev–Trinajstić information content (AvgIpc) is 2.75. The molecule has 1 N–H and O–H groups in total. The van der Waals surface area contributed by atoms with E-state index in [0.29, 0.717) is 5.92 Å². The van der Waals surface area contributed by atoms with Gasteiger partial charge >= 0.3 is 0 Å². The molecule has 3 aromatic rings. The van der Waals surface area contributed by atoms with Crippen molar-refractivity contribution in [3.8, 4) is 0 Å². The van der Waals surface area contributed by atoms with Crippen molar-refractivity contribution in [1.29, 1.82) is 0 Å². The minimum absolute atomic E-state index is 0.434. The summed E-state index contributed by atoms with van der Waals surface area (Å²) < 4.78 is 0. The van der Waals surface area contributed by atoms with Crippen LogP contribution in [0.25, 0.3) is 0 Å². The number of anilines is 2. The summed E-state index contributed by atoms with van der Waals surface area (Å²) in [4.78, 5) is 16.2. The first kappa shape index (κ1) is 18.6. The molecule has 0 spiro atoms. The van der Waals surface area contributed by atoms with Crippen LogP contribution in [0, 0.1) is 6.92 Å². The third kappa shape index (κ3) is 4.73. The minimum atomic E-state index is 0.434. The van der Waals surface area contributed by atoms with Crippen molar-refractivity contribution in [3.63, 3.8) is 0 Å². The van der Waals surface area contributed by atoms with E-state index in [1.165, 1.54) is 24.9 Å². The summed E-state index contributed by atoms with van der Waals surface area (Å²) in [5.41, 5.74) is 3.57. The molecule has 1 aromatic carbocycles. The average molecular weight is 374 g/mol. The molecule has 28 heavy (non-hydrogen) atoms. The molecule has 5 heteroatoms. The van der Waals surface area contributed by atoms with Gasteiger partial charge in [-0.25, -0.2) is 9.97 Å². The molecule has 1 aliphatic rings. The van der Waals surface area contributed by atoms with Gasteiger partial charge in [0.25, 0.3) is 0 Å². The maximum Gasteiger partial charge on any atom is 0.150 e. The fourth-order valence-electron chi connectivity index (χ4n) is 3.81. The van der Waals surface area contributed by atoms with Crippen LogP contribution >= 0.6 is 0 Å². The molecule has 0 radical (unpaired) electrons. The molecule has 0 aliphatic carbocycles. The van der Waals surface area contributed by atoms with Gasteiger partial charge in [-0.1, -0.05) is 36.4 Å². The van der Waals surface area contributed by atoms with Gasteiger partial charge < -0.3 is 10.2 Å². The number of nitrogens with one attached hydrogen (secondary N) is 1. The predicted molar refractivity (Wildman–Crippen MR) is 113 cm³/mol. The van der Waals surface area contributed by atoms with Crippen molar-refractivity contribution < 1.29 is 0 Å². The first-order valence-corrected chi connectivity index (χ1v) is 10.0. The maximum atomic E-state index is 4.85. The Labute approximate surface area is 166 Å². The lowest BCUT2D eigenvalue weighted by Crippen LogP contribution is -2.36. The molecule has 1 fully saturated rings. The van der Waals surface area contributed by atoms with Gasteiger partial charge in [0.05, 0.1) is 11.9 Å². The van der Waals surface area contributed by atoms with Gasteiger partial charge in [-0.3, -0.25) is 4.98 Å². The number of nitrogens with zero attached hydrogens (tertiary/aromatic N) is 4. The van der Waals surface area contributed by atoms with E-state index >= 15 is 0 Å². The van der Waals surface area contributed by atoms with Gasteiger partial charge in [0.1, 0.15) is 11.6 Å². The Bertz CT molecular complexity index is 896. The summed E-state index contributed by atoms with van der Waals surface area (Å²) in [6.45, 7) is 5.35. The predicted octanol–water partition coefficient (Wildman–Crippen LogP) is 4.35. The molecule has 1 atom stereocenters. The molecular weight excluding hydrogens is 346 g/mol. The number of hydrogen-bond acceptors (Lipinski definition) is 5. The zero-order chi connectivity index (χ0) is 19.2. The number of piperidine rings is 1. The summed E-state index contributed by atoms with van der Waals surface area (Å²) in [5, 5.41) is 3.31. The number of hydrogen-bond donors (Lipinski definition) is 1. The number of aromatic nitrogens is 3. The normalized spacial score (nSPS) is 17.4. The van der Waals surface area contributed by atoms with Crippen LogP contribution in [0.15, 0.2) is 61.1 Å². The second-order valence-electron chi connectivity index (χ2n) is 7.50. The van der Waals surface area contributed by atoms with Gasteiger partial charge in [0, 0.05) is 31.4 Å². The SMILES string of the molecule is Cc1cccnc1Nc1cncc(C2CCCN(CCc3ccccc3)C2)n1. The Balaban J connectivity index is 1.40. The summed E-state index contributed by atoms with van der Waals surface area (Å²) in [6.07, 6.45) is 8.95. The monoisotopic (exact) mass is 373 g/mol. The molecule has 0 bridgehead atoms. The van der Waals surface area contributed by atoms with E-state index in [4.69, 9.17) is 4.98 Å². The number of rotatable bonds is 6. The first-order valence-electron chi connectivity index (χ1n) is 10.0. The van der Waals surface area contributed by atoms with E-state index in [9.17, 15) is 0 Å². The summed E-state index contributed by atoms with van der Waals surface area (Å²) in [7, 11) is 0. The van der Waals surface area contributed by atoms with Crippen molar-refractivity contribution in [2.24, 2.45) is 0 Å². The Morgan fingerprint density at radius 3 is 2.86 bits per heavy atom. The first-order chi connectivity index (χ1) is 13.8. The summed E-state index contributed by atoms with van der Waals surface area (Å²) >= 11 is 0. The van der Waals surface area contributed by atoms with Gasteiger partial charge in [-0.15, -0.1) is 0 Å². The molecule has 5 nitrogen and oxygen atoms in total. The highest BCUT2D eigenvalue weighted by atomic mass is 15.1. The van der Waals surface area contributed by atoms with Crippen molar-refractivity contribution in [1.82, 2.24) is 19.9 Å². The molecule has 1 unspecified atom stereocenters. The van der Waals surface area contributed by atoms with Crippen LogP contribution in [0.3, 0.4) is 0 Å². The molecule has 1 aliphatic heterocycles. The van der Waals surface area contributed by atoms with Gasteiger partial charge in [-0.2, -0.15) is 0 Å². The largest absolute Gasteiger partial charge is 0.323 e.